The number of nitrogens with zero attached hydrogens (tertiary/aromatic N) is 2. The number of carbonyl (C=O) groups excluding carboxylic acids is 1. The molecule has 2 aromatic rings. The molecule has 0 atom stereocenters. The van der Waals surface area contributed by atoms with Crippen LogP contribution in [-0.4, -0.2) is 44.5 Å². The third-order valence-electron chi connectivity index (χ3n) is 3.74. The van der Waals surface area contributed by atoms with E-state index in [-0.39, 0.29) is 5.91 Å². The molecule has 0 unspecified atom stereocenters. The second kappa shape index (κ2) is 9.94. The van der Waals surface area contributed by atoms with Crippen molar-refractivity contribution in [3.8, 4) is 0 Å². The lowest BCUT2D eigenvalue weighted by Crippen LogP contribution is -2.36. The van der Waals surface area contributed by atoms with Crippen molar-refractivity contribution >= 4 is 28.9 Å². The molecule has 0 aliphatic carbocycles. The molecule has 0 saturated carbocycles. The van der Waals surface area contributed by atoms with Gasteiger partial charge in [0.25, 0.3) is 0 Å². The maximum absolute atomic E-state index is 11.9. The average molecular weight is 374 g/mol. The van der Waals surface area contributed by atoms with E-state index in [0.717, 1.165) is 23.8 Å². The van der Waals surface area contributed by atoms with Crippen LogP contribution in [0.3, 0.4) is 0 Å². The first-order chi connectivity index (χ1) is 12.5. The van der Waals surface area contributed by atoms with Gasteiger partial charge in [-0.2, -0.15) is 0 Å². The number of carbonyl (C=O) groups is 1. The molecule has 0 bridgehead atoms. The molecule has 1 aromatic heterocycles. The lowest BCUT2D eigenvalue weighted by Gasteiger charge is -2.13. The zero-order valence-electron chi connectivity index (χ0n) is 15.8. The van der Waals surface area contributed by atoms with Gasteiger partial charge >= 0.3 is 0 Å². The van der Waals surface area contributed by atoms with E-state index in [1.54, 1.807) is 18.4 Å². The van der Waals surface area contributed by atoms with Gasteiger partial charge in [0.2, 0.25) is 5.91 Å². The van der Waals surface area contributed by atoms with E-state index in [2.05, 4.69) is 39.3 Å². The molecule has 1 heterocycles. The summed E-state index contributed by atoms with van der Waals surface area (Å²) in [6, 6.07) is 9.94. The van der Waals surface area contributed by atoms with Gasteiger partial charge in [0.1, 0.15) is 0 Å². The molecule has 2 rings (SSSR count). The summed E-state index contributed by atoms with van der Waals surface area (Å²) in [5, 5.41) is 11.6. The highest BCUT2D eigenvalue weighted by Gasteiger charge is 2.05. The average Bonchev–Trinajstić information content (AvgIpc) is 2.99. The zero-order chi connectivity index (χ0) is 18.9. The maximum atomic E-state index is 11.9. The number of nitrogens with one attached hydrogen (secondary N) is 3. The van der Waals surface area contributed by atoms with Gasteiger partial charge in [0.05, 0.1) is 13.1 Å². The number of benzene rings is 1. The summed E-state index contributed by atoms with van der Waals surface area (Å²) < 4.78 is 0. The van der Waals surface area contributed by atoms with Crippen molar-refractivity contribution in [1.82, 2.24) is 15.5 Å². The fourth-order valence-electron chi connectivity index (χ4n) is 2.40. The highest BCUT2D eigenvalue weighted by atomic mass is 32.1. The largest absolute Gasteiger partial charge is 0.352 e. The molecule has 1 aromatic carbocycles. The summed E-state index contributed by atoms with van der Waals surface area (Å²) in [5.41, 5.74) is 3.16. The summed E-state index contributed by atoms with van der Waals surface area (Å²) in [6.45, 7) is 3.85. The van der Waals surface area contributed by atoms with Crippen LogP contribution in [0.2, 0.25) is 0 Å². The van der Waals surface area contributed by atoms with Gasteiger partial charge in [-0.25, -0.2) is 0 Å². The highest BCUT2D eigenvalue weighted by molar-refractivity contribution is 7.10. The summed E-state index contributed by atoms with van der Waals surface area (Å²) in [7, 11) is 5.50. The smallest absolute Gasteiger partial charge is 0.238 e. The van der Waals surface area contributed by atoms with Crippen LogP contribution in [0.25, 0.3) is 0 Å². The van der Waals surface area contributed by atoms with E-state index in [9.17, 15) is 4.79 Å². The second-order valence-electron chi connectivity index (χ2n) is 6.29. The summed E-state index contributed by atoms with van der Waals surface area (Å²) in [5.74, 6) is 0.726. The number of hydrogen-bond acceptors (Lipinski definition) is 4. The van der Waals surface area contributed by atoms with Gasteiger partial charge in [-0.3, -0.25) is 9.79 Å². The molecule has 3 N–H and O–H groups in total. The Morgan fingerprint density at radius 3 is 2.62 bits per heavy atom. The number of amides is 1. The number of aliphatic imine (C=N–C) groups is 1. The van der Waals surface area contributed by atoms with E-state index in [1.807, 2.05) is 43.3 Å². The van der Waals surface area contributed by atoms with Gasteiger partial charge in [0, 0.05) is 24.2 Å². The van der Waals surface area contributed by atoms with Crippen LogP contribution in [-0.2, 0) is 17.9 Å². The first kappa shape index (κ1) is 19.9. The standard InChI is InChI=1S/C19H27N5OS/c1-14-8-9-26-17(14)12-22-19(20-2)21-11-15-6-5-7-16(10-15)23-18(25)13-24(3)4/h5-10H,11-13H2,1-4H3,(H,23,25)(H2,20,21,22). The van der Waals surface area contributed by atoms with Crippen molar-refractivity contribution in [2.45, 2.75) is 20.0 Å². The van der Waals surface area contributed by atoms with Crippen molar-refractivity contribution in [3.63, 3.8) is 0 Å². The minimum Gasteiger partial charge on any atom is -0.352 e. The number of likely N-dealkylation sites (N-methyl/N-ethyl adjacent to an activating group) is 1. The zero-order valence-corrected chi connectivity index (χ0v) is 16.6. The molecular weight excluding hydrogens is 346 g/mol. The Morgan fingerprint density at radius 2 is 1.96 bits per heavy atom. The molecule has 0 aliphatic rings. The Morgan fingerprint density at radius 1 is 1.19 bits per heavy atom. The minimum atomic E-state index is -0.0242. The van der Waals surface area contributed by atoms with Crippen molar-refractivity contribution in [2.75, 3.05) is 33.0 Å². The number of rotatable bonds is 7. The molecule has 0 radical (unpaired) electrons. The molecule has 0 spiro atoms. The van der Waals surface area contributed by atoms with E-state index >= 15 is 0 Å². The third-order valence-corrected chi connectivity index (χ3v) is 4.76. The first-order valence-corrected chi connectivity index (χ1v) is 9.37. The van der Waals surface area contributed by atoms with Gasteiger partial charge in [-0.05, 0) is 55.7 Å². The van der Waals surface area contributed by atoms with Crippen molar-refractivity contribution in [3.05, 3.63) is 51.7 Å². The van der Waals surface area contributed by atoms with Crippen LogP contribution in [0, 0.1) is 6.92 Å². The Bertz CT molecular complexity index is 754. The Balaban J connectivity index is 1.86. The van der Waals surface area contributed by atoms with E-state index < -0.39 is 0 Å². The topological polar surface area (TPSA) is 68.8 Å². The van der Waals surface area contributed by atoms with Gasteiger partial charge < -0.3 is 20.9 Å². The second-order valence-corrected chi connectivity index (χ2v) is 7.29. The van der Waals surface area contributed by atoms with Crippen molar-refractivity contribution in [2.24, 2.45) is 4.99 Å². The molecule has 6 nitrogen and oxygen atoms in total. The van der Waals surface area contributed by atoms with Crippen LogP contribution >= 0.6 is 11.3 Å². The van der Waals surface area contributed by atoms with Crippen LogP contribution in [0.1, 0.15) is 16.0 Å². The number of aryl methyl sites for hydroxylation is 1. The number of guanidine groups is 1. The lowest BCUT2D eigenvalue weighted by atomic mass is 10.2. The molecule has 0 saturated heterocycles. The molecule has 140 valence electrons. The van der Waals surface area contributed by atoms with Crippen molar-refractivity contribution < 1.29 is 4.79 Å². The SMILES string of the molecule is CN=C(NCc1cccc(NC(=O)CN(C)C)c1)NCc1sccc1C. The van der Waals surface area contributed by atoms with E-state index in [0.29, 0.717) is 13.1 Å². The van der Waals surface area contributed by atoms with Gasteiger partial charge in [-0.1, -0.05) is 12.1 Å². The van der Waals surface area contributed by atoms with Gasteiger partial charge in [-0.15, -0.1) is 11.3 Å². The lowest BCUT2D eigenvalue weighted by molar-refractivity contribution is -0.116. The van der Waals surface area contributed by atoms with Crippen LogP contribution < -0.4 is 16.0 Å². The molecule has 26 heavy (non-hydrogen) atoms. The molecule has 1 amide bonds. The molecule has 0 aliphatic heterocycles. The van der Waals surface area contributed by atoms with E-state index in [1.165, 1.54) is 10.4 Å². The Labute approximate surface area is 159 Å². The van der Waals surface area contributed by atoms with E-state index in [4.69, 9.17) is 0 Å². The monoisotopic (exact) mass is 373 g/mol. The minimum absolute atomic E-state index is 0.0242. The predicted octanol–water partition coefficient (Wildman–Crippen LogP) is 2.42. The van der Waals surface area contributed by atoms with Crippen LogP contribution in [0.15, 0.2) is 40.7 Å². The van der Waals surface area contributed by atoms with Crippen LogP contribution in [0.4, 0.5) is 5.69 Å². The van der Waals surface area contributed by atoms with Gasteiger partial charge in [0.15, 0.2) is 5.96 Å². The summed E-state index contributed by atoms with van der Waals surface area (Å²) >= 11 is 1.74. The summed E-state index contributed by atoms with van der Waals surface area (Å²) in [6.07, 6.45) is 0. The number of anilines is 1. The third kappa shape index (κ3) is 6.50. The quantitative estimate of drug-likeness (QED) is 0.515. The maximum Gasteiger partial charge on any atom is 0.238 e. The summed E-state index contributed by atoms with van der Waals surface area (Å²) in [4.78, 5) is 19.3. The first-order valence-electron chi connectivity index (χ1n) is 8.49. The number of thiophene rings is 1. The Kier molecular flexibility index (Phi) is 7.62. The Hall–Kier alpha value is -2.38. The normalized spacial score (nSPS) is 11.5. The van der Waals surface area contributed by atoms with Crippen LogP contribution in [0.5, 0.6) is 0 Å². The fourth-order valence-corrected chi connectivity index (χ4v) is 3.25. The highest BCUT2D eigenvalue weighted by Crippen LogP contribution is 2.14. The van der Waals surface area contributed by atoms with Crippen molar-refractivity contribution in [1.29, 1.82) is 0 Å². The fraction of sp³-hybridized carbons (Fsp3) is 0.368. The predicted molar refractivity (Wildman–Crippen MR) is 110 cm³/mol. The molecule has 0 fully saturated rings. The number of hydrogen-bond donors (Lipinski definition) is 3. The molecular formula is C19H27N5OS. The molecule has 7 heteroatoms.